The molecule has 0 radical (unpaired) electrons. The second-order valence-electron chi connectivity index (χ2n) is 4.51. The zero-order valence-electron chi connectivity index (χ0n) is 10.5. The Morgan fingerprint density at radius 3 is 2.47 bits per heavy atom. The van der Waals surface area contributed by atoms with Crippen molar-refractivity contribution in [3.63, 3.8) is 0 Å². The van der Waals surface area contributed by atoms with E-state index in [0.29, 0.717) is 12.2 Å². The standard InChI is InChI=1S/C14H19NO2/c1-15-14(10-4-3-5-13(14)16)11-6-8-12(17-2)9-7-11/h6-9,15H,3-5,10H2,1-2H3/t14-/m0/s1. The van der Waals surface area contributed by atoms with Crippen LogP contribution >= 0.6 is 0 Å². The Morgan fingerprint density at radius 2 is 1.94 bits per heavy atom. The van der Waals surface area contributed by atoms with Crippen LogP contribution in [0.25, 0.3) is 0 Å². The van der Waals surface area contributed by atoms with E-state index in [1.54, 1.807) is 7.11 Å². The SMILES string of the molecule is CN[C@]1(c2ccc(OC)cc2)CCCCC1=O. The quantitative estimate of drug-likeness (QED) is 0.870. The monoisotopic (exact) mass is 233 g/mol. The van der Waals surface area contributed by atoms with Crippen LogP contribution in [0.2, 0.25) is 0 Å². The topological polar surface area (TPSA) is 38.3 Å². The van der Waals surface area contributed by atoms with Crippen LogP contribution in [-0.4, -0.2) is 19.9 Å². The molecule has 1 fully saturated rings. The molecule has 3 nitrogen and oxygen atoms in total. The number of hydrogen-bond donors (Lipinski definition) is 1. The van der Waals surface area contributed by atoms with E-state index >= 15 is 0 Å². The molecular formula is C14H19NO2. The largest absolute Gasteiger partial charge is 0.497 e. The maximum atomic E-state index is 12.2. The Bertz CT molecular complexity index is 399. The summed E-state index contributed by atoms with van der Waals surface area (Å²) in [6, 6.07) is 7.80. The highest BCUT2D eigenvalue weighted by molar-refractivity contribution is 5.90. The first-order chi connectivity index (χ1) is 8.23. The van der Waals surface area contributed by atoms with E-state index in [2.05, 4.69) is 5.32 Å². The van der Waals surface area contributed by atoms with Crippen molar-refractivity contribution in [3.05, 3.63) is 29.8 Å². The Kier molecular flexibility index (Phi) is 3.48. The zero-order valence-corrected chi connectivity index (χ0v) is 10.5. The lowest BCUT2D eigenvalue weighted by Crippen LogP contribution is -2.49. The first-order valence-electron chi connectivity index (χ1n) is 6.09. The number of ketones is 1. The predicted octanol–water partition coefficient (Wildman–Crippen LogP) is 2.25. The van der Waals surface area contributed by atoms with Gasteiger partial charge in [0.25, 0.3) is 0 Å². The Labute approximate surface area is 102 Å². The van der Waals surface area contributed by atoms with E-state index in [1.807, 2.05) is 31.3 Å². The average Bonchev–Trinajstić information content (AvgIpc) is 2.40. The normalized spacial score (nSPS) is 24.7. The van der Waals surface area contributed by atoms with Gasteiger partial charge in [0.2, 0.25) is 0 Å². The Morgan fingerprint density at radius 1 is 1.24 bits per heavy atom. The minimum absolute atomic E-state index is 0.302. The fourth-order valence-corrected chi connectivity index (χ4v) is 2.62. The van der Waals surface area contributed by atoms with Gasteiger partial charge in [-0.05, 0) is 37.6 Å². The third-order valence-electron chi connectivity index (χ3n) is 3.69. The van der Waals surface area contributed by atoms with Crippen LogP contribution < -0.4 is 10.1 Å². The van der Waals surface area contributed by atoms with Gasteiger partial charge >= 0.3 is 0 Å². The molecule has 1 N–H and O–H groups in total. The summed E-state index contributed by atoms with van der Waals surface area (Å²) in [5.41, 5.74) is 0.565. The number of methoxy groups -OCH3 is 1. The molecule has 0 amide bonds. The highest BCUT2D eigenvalue weighted by Crippen LogP contribution is 2.34. The van der Waals surface area contributed by atoms with Crippen molar-refractivity contribution in [2.24, 2.45) is 0 Å². The summed E-state index contributed by atoms with van der Waals surface area (Å²) in [5.74, 6) is 1.12. The molecule has 0 spiro atoms. The molecule has 0 unspecified atom stereocenters. The molecular weight excluding hydrogens is 214 g/mol. The zero-order chi connectivity index (χ0) is 12.3. The van der Waals surface area contributed by atoms with E-state index in [9.17, 15) is 4.79 Å². The van der Waals surface area contributed by atoms with Gasteiger partial charge in [-0.25, -0.2) is 0 Å². The van der Waals surface area contributed by atoms with Crippen LogP contribution in [0.5, 0.6) is 5.75 Å². The van der Waals surface area contributed by atoms with Crippen LogP contribution in [0.4, 0.5) is 0 Å². The maximum Gasteiger partial charge on any atom is 0.157 e. The summed E-state index contributed by atoms with van der Waals surface area (Å²) in [6.45, 7) is 0. The summed E-state index contributed by atoms with van der Waals surface area (Å²) in [7, 11) is 3.52. The van der Waals surface area contributed by atoms with Crippen molar-refractivity contribution in [3.8, 4) is 5.75 Å². The molecule has 17 heavy (non-hydrogen) atoms. The molecule has 1 aliphatic carbocycles. The van der Waals surface area contributed by atoms with Gasteiger partial charge in [-0.2, -0.15) is 0 Å². The van der Waals surface area contributed by atoms with Gasteiger partial charge < -0.3 is 10.1 Å². The number of Topliss-reactive ketones (excluding diaryl/α,β-unsaturated/α-hetero) is 1. The fourth-order valence-electron chi connectivity index (χ4n) is 2.62. The Hall–Kier alpha value is -1.35. The molecule has 3 heteroatoms. The number of nitrogens with one attached hydrogen (secondary N) is 1. The third-order valence-corrected chi connectivity index (χ3v) is 3.69. The highest BCUT2D eigenvalue weighted by atomic mass is 16.5. The number of benzene rings is 1. The first kappa shape index (κ1) is 12.1. The van der Waals surface area contributed by atoms with E-state index in [-0.39, 0.29) is 0 Å². The van der Waals surface area contributed by atoms with Crippen LogP contribution in [0.15, 0.2) is 24.3 Å². The molecule has 1 aromatic carbocycles. The van der Waals surface area contributed by atoms with E-state index < -0.39 is 5.54 Å². The Balaban J connectivity index is 2.35. The van der Waals surface area contributed by atoms with Crippen LogP contribution in [-0.2, 0) is 10.3 Å². The minimum atomic E-state index is -0.482. The van der Waals surface area contributed by atoms with Crippen molar-refractivity contribution in [1.82, 2.24) is 5.32 Å². The molecule has 0 saturated heterocycles. The van der Waals surface area contributed by atoms with Crippen LogP contribution in [0, 0.1) is 0 Å². The molecule has 92 valence electrons. The fraction of sp³-hybridized carbons (Fsp3) is 0.500. The molecule has 0 aromatic heterocycles. The molecule has 0 bridgehead atoms. The molecule has 2 rings (SSSR count). The first-order valence-corrected chi connectivity index (χ1v) is 6.09. The summed E-state index contributed by atoms with van der Waals surface area (Å²) in [4.78, 5) is 12.2. The lowest BCUT2D eigenvalue weighted by molar-refractivity contribution is -0.127. The van der Waals surface area contributed by atoms with E-state index in [0.717, 1.165) is 30.6 Å². The lowest BCUT2D eigenvalue weighted by atomic mass is 9.75. The summed E-state index contributed by atoms with van der Waals surface area (Å²) >= 11 is 0. The van der Waals surface area contributed by atoms with Gasteiger partial charge in [0, 0.05) is 6.42 Å². The maximum absolute atomic E-state index is 12.2. The number of ether oxygens (including phenoxy) is 1. The van der Waals surface area contributed by atoms with Crippen LogP contribution in [0.1, 0.15) is 31.2 Å². The molecule has 0 heterocycles. The molecule has 1 aliphatic rings. The van der Waals surface area contributed by atoms with E-state index in [1.165, 1.54) is 0 Å². The van der Waals surface area contributed by atoms with Crippen molar-refractivity contribution >= 4 is 5.78 Å². The molecule has 1 saturated carbocycles. The summed E-state index contributed by atoms with van der Waals surface area (Å²) in [5, 5.41) is 3.23. The highest BCUT2D eigenvalue weighted by Gasteiger charge is 2.39. The molecule has 1 aromatic rings. The number of carbonyl (C=O) groups is 1. The van der Waals surface area contributed by atoms with Gasteiger partial charge in [0.05, 0.1) is 7.11 Å². The van der Waals surface area contributed by atoms with E-state index in [4.69, 9.17) is 4.74 Å². The van der Waals surface area contributed by atoms with Gasteiger partial charge in [-0.1, -0.05) is 18.6 Å². The summed E-state index contributed by atoms with van der Waals surface area (Å²) in [6.07, 6.45) is 3.67. The molecule has 1 atom stereocenters. The second-order valence-corrected chi connectivity index (χ2v) is 4.51. The number of likely N-dealkylation sites (N-methyl/N-ethyl adjacent to an activating group) is 1. The van der Waals surface area contributed by atoms with Crippen molar-refractivity contribution in [2.45, 2.75) is 31.2 Å². The lowest BCUT2D eigenvalue weighted by Gasteiger charge is -2.36. The van der Waals surface area contributed by atoms with Gasteiger partial charge in [-0.15, -0.1) is 0 Å². The minimum Gasteiger partial charge on any atom is -0.497 e. The van der Waals surface area contributed by atoms with Crippen molar-refractivity contribution in [1.29, 1.82) is 0 Å². The number of carbonyl (C=O) groups excluding carboxylic acids is 1. The van der Waals surface area contributed by atoms with Gasteiger partial charge in [0.1, 0.15) is 11.3 Å². The third kappa shape index (κ3) is 2.07. The second kappa shape index (κ2) is 4.88. The van der Waals surface area contributed by atoms with Crippen molar-refractivity contribution in [2.75, 3.05) is 14.2 Å². The van der Waals surface area contributed by atoms with Gasteiger partial charge in [0.15, 0.2) is 5.78 Å². The predicted molar refractivity (Wildman–Crippen MR) is 67.2 cm³/mol. The number of rotatable bonds is 3. The summed E-state index contributed by atoms with van der Waals surface area (Å²) < 4.78 is 5.14. The van der Waals surface area contributed by atoms with Gasteiger partial charge in [-0.3, -0.25) is 4.79 Å². The smallest absolute Gasteiger partial charge is 0.157 e. The average molecular weight is 233 g/mol. The number of hydrogen-bond acceptors (Lipinski definition) is 3. The molecule has 0 aliphatic heterocycles. The van der Waals surface area contributed by atoms with Crippen molar-refractivity contribution < 1.29 is 9.53 Å². The van der Waals surface area contributed by atoms with Crippen LogP contribution in [0.3, 0.4) is 0 Å².